The van der Waals surface area contributed by atoms with Gasteiger partial charge in [-0.1, -0.05) is 0 Å². The summed E-state index contributed by atoms with van der Waals surface area (Å²) < 4.78 is 7.58. The van der Waals surface area contributed by atoms with Crippen molar-refractivity contribution in [2.24, 2.45) is 0 Å². The summed E-state index contributed by atoms with van der Waals surface area (Å²) in [6.45, 7) is 5.97. The minimum atomic E-state index is 0.868. The summed E-state index contributed by atoms with van der Waals surface area (Å²) in [7, 11) is 0. The molecule has 0 aromatic carbocycles. The zero-order valence-electron chi connectivity index (χ0n) is 11.6. The number of aryl methyl sites for hydroxylation is 1. The molecule has 3 heterocycles. The van der Waals surface area contributed by atoms with E-state index >= 15 is 0 Å². The van der Waals surface area contributed by atoms with E-state index in [0.717, 1.165) is 51.5 Å². The molecule has 0 bridgehead atoms. The van der Waals surface area contributed by atoms with Gasteiger partial charge in [0.1, 0.15) is 0 Å². The summed E-state index contributed by atoms with van der Waals surface area (Å²) in [6.07, 6.45) is 8.61. The molecule has 0 aliphatic carbocycles. The largest absolute Gasteiger partial charge is 0.379 e. The molecule has 0 radical (unpaired) electrons. The molecule has 1 aliphatic rings. The van der Waals surface area contributed by atoms with Gasteiger partial charge in [0.15, 0.2) is 0 Å². The van der Waals surface area contributed by atoms with Crippen LogP contribution in [0.25, 0.3) is 11.3 Å². The number of aromatic nitrogens is 3. The average Bonchev–Trinajstić information content (AvgIpc) is 2.98. The van der Waals surface area contributed by atoms with E-state index in [-0.39, 0.29) is 0 Å². The second-order valence-corrected chi connectivity index (χ2v) is 5.02. The van der Waals surface area contributed by atoms with Crippen molar-refractivity contribution < 1.29 is 4.74 Å². The van der Waals surface area contributed by atoms with E-state index < -0.39 is 0 Å². The van der Waals surface area contributed by atoms with E-state index in [1.165, 1.54) is 5.56 Å². The van der Waals surface area contributed by atoms with Crippen molar-refractivity contribution in [3.8, 4) is 11.3 Å². The minimum absolute atomic E-state index is 0.868. The lowest BCUT2D eigenvalue weighted by atomic mass is 10.2. The predicted molar refractivity (Wildman–Crippen MR) is 77.3 cm³/mol. The minimum Gasteiger partial charge on any atom is -0.379 e. The van der Waals surface area contributed by atoms with Gasteiger partial charge in [-0.3, -0.25) is 9.88 Å². The van der Waals surface area contributed by atoms with Crippen LogP contribution in [0.5, 0.6) is 0 Å². The van der Waals surface area contributed by atoms with Crippen LogP contribution in [-0.2, 0) is 11.3 Å². The third-order valence-electron chi connectivity index (χ3n) is 3.67. The molecular formula is C15H20N4O. The van der Waals surface area contributed by atoms with Crippen LogP contribution in [0.15, 0.2) is 37.1 Å². The van der Waals surface area contributed by atoms with E-state index in [1.54, 1.807) is 0 Å². The quantitative estimate of drug-likeness (QED) is 0.830. The molecular weight excluding hydrogens is 252 g/mol. The Morgan fingerprint density at radius 3 is 2.65 bits per heavy atom. The molecule has 106 valence electrons. The lowest BCUT2D eigenvalue weighted by molar-refractivity contribution is 0.0369. The fourth-order valence-corrected chi connectivity index (χ4v) is 2.55. The normalized spacial score (nSPS) is 16.4. The van der Waals surface area contributed by atoms with Crippen molar-refractivity contribution in [3.05, 3.63) is 37.1 Å². The second-order valence-electron chi connectivity index (χ2n) is 5.02. The first kappa shape index (κ1) is 13.3. The summed E-state index contributed by atoms with van der Waals surface area (Å²) in [5.41, 5.74) is 2.33. The van der Waals surface area contributed by atoms with Gasteiger partial charge in [0, 0.05) is 44.1 Å². The molecule has 0 atom stereocenters. The van der Waals surface area contributed by atoms with E-state index in [1.807, 2.05) is 37.1 Å². The number of imidazole rings is 1. The highest BCUT2D eigenvalue weighted by Crippen LogP contribution is 2.17. The predicted octanol–water partition coefficient (Wildman–Crippen LogP) is 1.67. The first-order chi connectivity index (χ1) is 9.93. The van der Waals surface area contributed by atoms with Crippen molar-refractivity contribution in [1.29, 1.82) is 0 Å². The van der Waals surface area contributed by atoms with Crippen molar-refractivity contribution in [3.63, 3.8) is 0 Å². The molecule has 3 rings (SSSR count). The molecule has 1 aliphatic heterocycles. The van der Waals surface area contributed by atoms with E-state index in [0.29, 0.717) is 0 Å². The zero-order valence-corrected chi connectivity index (χ0v) is 11.6. The fourth-order valence-electron chi connectivity index (χ4n) is 2.55. The Morgan fingerprint density at radius 1 is 1.05 bits per heavy atom. The first-order valence-corrected chi connectivity index (χ1v) is 7.14. The Hall–Kier alpha value is -1.72. The Balaban J connectivity index is 1.57. The number of hydrogen-bond donors (Lipinski definition) is 0. The molecule has 5 nitrogen and oxygen atoms in total. The summed E-state index contributed by atoms with van der Waals surface area (Å²) in [5.74, 6) is 0. The topological polar surface area (TPSA) is 43.2 Å². The van der Waals surface area contributed by atoms with Gasteiger partial charge in [0.25, 0.3) is 0 Å². The summed E-state index contributed by atoms with van der Waals surface area (Å²) >= 11 is 0. The smallest absolute Gasteiger partial charge is 0.0950 e. The Kier molecular flexibility index (Phi) is 4.40. The molecule has 2 aromatic rings. The molecule has 0 N–H and O–H groups in total. The van der Waals surface area contributed by atoms with Crippen LogP contribution in [0.3, 0.4) is 0 Å². The molecule has 1 saturated heterocycles. The van der Waals surface area contributed by atoms with Crippen LogP contribution >= 0.6 is 0 Å². The van der Waals surface area contributed by atoms with Crippen molar-refractivity contribution in [2.45, 2.75) is 13.0 Å². The van der Waals surface area contributed by atoms with Gasteiger partial charge in [0.2, 0.25) is 0 Å². The molecule has 0 spiro atoms. The molecule has 2 aromatic heterocycles. The Morgan fingerprint density at radius 2 is 1.85 bits per heavy atom. The number of ether oxygens (including phenoxy) is 1. The average molecular weight is 272 g/mol. The number of nitrogens with zero attached hydrogens (tertiary/aromatic N) is 4. The molecule has 0 saturated carbocycles. The van der Waals surface area contributed by atoms with Gasteiger partial charge in [-0.2, -0.15) is 0 Å². The summed E-state index contributed by atoms with van der Waals surface area (Å²) in [4.78, 5) is 10.8. The van der Waals surface area contributed by atoms with Crippen LogP contribution in [-0.4, -0.2) is 52.3 Å². The maximum atomic E-state index is 5.37. The summed E-state index contributed by atoms with van der Waals surface area (Å²) in [6, 6.07) is 4.05. The van der Waals surface area contributed by atoms with Crippen LogP contribution in [0, 0.1) is 0 Å². The molecule has 0 amide bonds. The first-order valence-electron chi connectivity index (χ1n) is 7.14. The lowest BCUT2D eigenvalue weighted by Crippen LogP contribution is -2.37. The van der Waals surface area contributed by atoms with Crippen molar-refractivity contribution in [1.82, 2.24) is 19.4 Å². The van der Waals surface area contributed by atoms with Crippen LogP contribution in [0.4, 0.5) is 0 Å². The fraction of sp³-hybridized carbons (Fsp3) is 0.467. The van der Waals surface area contributed by atoms with Crippen LogP contribution in [0.2, 0.25) is 0 Å². The standard InChI is InChI=1S/C15H20N4O/c1(6-18-8-10-20-11-9-18)7-19-13-17-12-15(19)14-2-4-16-5-3-14/h2-5,12-13H,1,6-11H2. The van der Waals surface area contributed by atoms with Crippen molar-refractivity contribution >= 4 is 0 Å². The highest BCUT2D eigenvalue weighted by atomic mass is 16.5. The van der Waals surface area contributed by atoms with E-state index in [4.69, 9.17) is 4.74 Å². The third kappa shape index (κ3) is 3.23. The molecule has 1 fully saturated rings. The monoisotopic (exact) mass is 272 g/mol. The third-order valence-corrected chi connectivity index (χ3v) is 3.67. The molecule has 5 heteroatoms. The number of pyridine rings is 1. The van der Waals surface area contributed by atoms with Gasteiger partial charge in [-0.05, 0) is 18.6 Å². The van der Waals surface area contributed by atoms with E-state index in [2.05, 4.69) is 19.4 Å². The van der Waals surface area contributed by atoms with Gasteiger partial charge >= 0.3 is 0 Å². The van der Waals surface area contributed by atoms with Crippen molar-refractivity contribution in [2.75, 3.05) is 32.8 Å². The second kappa shape index (κ2) is 6.63. The maximum Gasteiger partial charge on any atom is 0.0950 e. The molecule has 0 unspecified atom stereocenters. The van der Waals surface area contributed by atoms with Crippen LogP contribution in [0.1, 0.15) is 6.42 Å². The van der Waals surface area contributed by atoms with E-state index in [9.17, 15) is 0 Å². The number of hydrogen-bond acceptors (Lipinski definition) is 4. The van der Waals surface area contributed by atoms with Gasteiger partial charge in [-0.15, -0.1) is 0 Å². The zero-order chi connectivity index (χ0) is 13.6. The lowest BCUT2D eigenvalue weighted by Gasteiger charge is -2.26. The highest BCUT2D eigenvalue weighted by molar-refractivity contribution is 5.57. The van der Waals surface area contributed by atoms with Gasteiger partial charge < -0.3 is 9.30 Å². The highest BCUT2D eigenvalue weighted by Gasteiger charge is 2.10. The summed E-state index contributed by atoms with van der Waals surface area (Å²) in [5, 5.41) is 0. The van der Waals surface area contributed by atoms with Gasteiger partial charge in [0.05, 0.1) is 31.4 Å². The number of morpholine rings is 1. The van der Waals surface area contributed by atoms with Gasteiger partial charge in [-0.25, -0.2) is 4.98 Å². The van der Waals surface area contributed by atoms with Crippen LogP contribution < -0.4 is 0 Å². The molecule has 20 heavy (non-hydrogen) atoms. The SMILES string of the molecule is c1cc(-c2cncn2CCCN2CCOCC2)ccn1. The number of rotatable bonds is 5. The Bertz CT molecular complexity index is 520. The Labute approximate surface area is 119 Å². The maximum absolute atomic E-state index is 5.37.